The normalized spacial score (nSPS) is 12.3. The van der Waals surface area contributed by atoms with E-state index in [0.717, 1.165) is 10.5 Å². The van der Waals surface area contributed by atoms with E-state index in [1.54, 1.807) is 0 Å². The molecule has 1 rings (SSSR count). The predicted molar refractivity (Wildman–Crippen MR) is 61.0 cm³/mol. The molecule has 2 heteroatoms. The summed E-state index contributed by atoms with van der Waals surface area (Å²) < 4.78 is 0. The molecule has 0 fully saturated rings. The molecule has 0 saturated heterocycles. The Balaban J connectivity index is 2.86. The molecule has 13 heavy (non-hydrogen) atoms. The van der Waals surface area contributed by atoms with Crippen LogP contribution in [0.1, 0.15) is 26.3 Å². The average molecular weight is 193 g/mol. The van der Waals surface area contributed by atoms with Crippen molar-refractivity contribution in [2.24, 2.45) is 4.99 Å². The number of rotatable bonds is 1. The van der Waals surface area contributed by atoms with E-state index in [4.69, 9.17) is 0 Å². The molecule has 0 aliphatic heterocycles. The lowest BCUT2D eigenvalue weighted by Crippen LogP contribution is -2.09. The lowest BCUT2D eigenvalue weighted by molar-refractivity contribution is 0.586. The third-order valence-corrected chi connectivity index (χ3v) is 1.93. The fourth-order valence-corrected chi connectivity index (χ4v) is 1.08. The van der Waals surface area contributed by atoms with E-state index in [-0.39, 0.29) is 5.54 Å². The summed E-state index contributed by atoms with van der Waals surface area (Å²) in [6, 6.07) is 7.94. The molecule has 0 saturated carbocycles. The van der Waals surface area contributed by atoms with Crippen LogP contribution in [0.2, 0.25) is 0 Å². The van der Waals surface area contributed by atoms with Gasteiger partial charge in [-0.1, -0.05) is 18.2 Å². The van der Waals surface area contributed by atoms with Crippen LogP contribution >= 0.6 is 12.6 Å². The zero-order valence-corrected chi connectivity index (χ0v) is 9.18. The molecule has 1 aromatic rings. The SMILES string of the molecule is CC(C)(C)N=Cc1ccccc1S. The van der Waals surface area contributed by atoms with Gasteiger partial charge in [0.25, 0.3) is 0 Å². The largest absolute Gasteiger partial charge is 0.287 e. The topological polar surface area (TPSA) is 12.4 Å². The van der Waals surface area contributed by atoms with Gasteiger partial charge in [-0.3, -0.25) is 4.99 Å². The minimum atomic E-state index is -0.0178. The van der Waals surface area contributed by atoms with Crippen molar-refractivity contribution in [2.75, 3.05) is 0 Å². The molecule has 0 amide bonds. The van der Waals surface area contributed by atoms with Gasteiger partial charge in [0, 0.05) is 16.7 Å². The Morgan fingerprint density at radius 1 is 1.23 bits per heavy atom. The van der Waals surface area contributed by atoms with Crippen LogP contribution in [0.4, 0.5) is 0 Å². The lowest BCUT2D eigenvalue weighted by atomic mass is 10.1. The van der Waals surface area contributed by atoms with Crippen molar-refractivity contribution in [1.29, 1.82) is 0 Å². The standard InChI is InChI=1S/C11H15NS/c1-11(2,3)12-8-9-6-4-5-7-10(9)13/h4-8,13H,1-3H3. The van der Waals surface area contributed by atoms with E-state index < -0.39 is 0 Å². The van der Waals surface area contributed by atoms with Gasteiger partial charge < -0.3 is 0 Å². The maximum Gasteiger partial charge on any atom is 0.0524 e. The average Bonchev–Trinajstić information content (AvgIpc) is 2.01. The molecular formula is C11H15NS. The third kappa shape index (κ3) is 3.64. The van der Waals surface area contributed by atoms with Gasteiger partial charge in [-0.25, -0.2) is 0 Å². The molecule has 0 spiro atoms. The van der Waals surface area contributed by atoms with E-state index in [9.17, 15) is 0 Å². The Kier molecular flexibility index (Phi) is 3.15. The molecular weight excluding hydrogens is 178 g/mol. The summed E-state index contributed by atoms with van der Waals surface area (Å²) in [7, 11) is 0. The van der Waals surface area contributed by atoms with Crippen molar-refractivity contribution >= 4 is 18.8 Å². The second-order valence-electron chi connectivity index (χ2n) is 3.99. The molecule has 70 valence electrons. The molecule has 0 aromatic heterocycles. The fraction of sp³-hybridized carbons (Fsp3) is 0.364. The van der Waals surface area contributed by atoms with Crippen molar-refractivity contribution in [2.45, 2.75) is 31.2 Å². The first-order valence-corrected chi connectivity index (χ1v) is 4.77. The maximum atomic E-state index is 4.41. The van der Waals surface area contributed by atoms with Crippen LogP contribution in [0.3, 0.4) is 0 Å². The molecule has 0 bridgehead atoms. The van der Waals surface area contributed by atoms with E-state index >= 15 is 0 Å². The monoisotopic (exact) mass is 193 g/mol. The summed E-state index contributed by atoms with van der Waals surface area (Å²) in [6.07, 6.45) is 1.88. The number of benzene rings is 1. The first-order chi connectivity index (χ1) is 5.99. The van der Waals surface area contributed by atoms with Crippen molar-refractivity contribution in [1.82, 2.24) is 0 Å². The maximum absolute atomic E-state index is 4.41. The molecule has 0 aliphatic rings. The quantitative estimate of drug-likeness (QED) is 0.519. The summed E-state index contributed by atoms with van der Waals surface area (Å²) in [5.74, 6) is 0. The van der Waals surface area contributed by atoms with Gasteiger partial charge in [-0.05, 0) is 26.8 Å². The van der Waals surface area contributed by atoms with Gasteiger partial charge in [-0.2, -0.15) is 0 Å². The number of hydrogen-bond acceptors (Lipinski definition) is 2. The van der Waals surface area contributed by atoms with Crippen LogP contribution in [-0.2, 0) is 0 Å². The van der Waals surface area contributed by atoms with Crippen LogP contribution < -0.4 is 0 Å². The van der Waals surface area contributed by atoms with Crippen molar-refractivity contribution in [3.8, 4) is 0 Å². The van der Waals surface area contributed by atoms with E-state index in [0.29, 0.717) is 0 Å². The Hall–Kier alpha value is -0.760. The molecule has 0 aliphatic carbocycles. The fourth-order valence-electron chi connectivity index (χ4n) is 0.860. The molecule has 0 N–H and O–H groups in total. The van der Waals surface area contributed by atoms with E-state index in [1.165, 1.54) is 0 Å². The predicted octanol–water partition coefficient (Wildman–Crippen LogP) is 3.19. The van der Waals surface area contributed by atoms with Crippen molar-refractivity contribution < 1.29 is 0 Å². The van der Waals surface area contributed by atoms with Gasteiger partial charge in [0.1, 0.15) is 0 Å². The first-order valence-electron chi connectivity index (χ1n) is 4.32. The van der Waals surface area contributed by atoms with Gasteiger partial charge in [0.2, 0.25) is 0 Å². The minimum Gasteiger partial charge on any atom is -0.287 e. The Bertz CT molecular complexity index is 310. The van der Waals surface area contributed by atoms with Crippen LogP contribution in [0, 0.1) is 0 Å². The minimum absolute atomic E-state index is 0.0178. The van der Waals surface area contributed by atoms with E-state index in [1.807, 2.05) is 30.5 Å². The third-order valence-electron chi connectivity index (χ3n) is 1.53. The van der Waals surface area contributed by atoms with E-state index in [2.05, 4.69) is 38.4 Å². The summed E-state index contributed by atoms with van der Waals surface area (Å²) >= 11 is 4.34. The highest BCUT2D eigenvalue weighted by Crippen LogP contribution is 2.12. The van der Waals surface area contributed by atoms with Crippen molar-refractivity contribution in [3.05, 3.63) is 29.8 Å². The highest BCUT2D eigenvalue weighted by molar-refractivity contribution is 7.80. The smallest absolute Gasteiger partial charge is 0.0524 e. The van der Waals surface area contributed by atoms with Crippen LogP contribution in [0.5, 0.6) is 0 Å². The zero-order chi connectivity index (χ0) is 9.90. The Morgan fingerprint density at radius 3 is 2.38 bits per heavy atom. The lowest BCUT2D eigenvalue weighted by Gasteiger charge is -2.11. The number of thiol groups is 1. The number of aliphatic imine (C=N–C) groups is 1. The van der Waals surface area contributed by atoms with Gasteiger partial charge in [0.15, 0.2) is 0 Å². The molecule has 0 heterocycles. The van der Waals surface area contributed by atoms with Crippen LogP contribution in [0.25, 0.3) is 0 Å². The summed E-state index contributed by atoms with van der Waals surface area (Å²) in [6.45, 7) is 6.22. The summed E-state index contributed by atoms with van der Waals surface area (Å²) in [5.41, 5.74) is 1.05. The second-order valence-corrected chi connectivity index (χ2v) is 4.47. The Morgan fingerprint density at radius 2 is 1.85 bits per heavy atom. The number of nitrogens with zero attached hydrogens (tertiary/aromatic N) is 1. The molecule has 0 radical (unpaired) electrons. The van der Waals surface area contributed by atoms with Crippen LogP contribution in [0.15, 0.2) is 34.2 Å². The molecule has 0 unspecified atom stereocenters. The van der Waals surface area contributed by atoms with Gasteiger partial charge in [-0.15, -0.1) is 12.6 Å². The van der Waals surface area contributed by atoms with Gasteiger partial charge in [0.05, 0.1) is 5.54 Å². The first kappa shape index (κ1) is 10.3. The van der Waals surface area contributed by atoms with Crippen molar-refractivity contribution in [3.63, 3.8) is 0 Å². The van der Waals surface area contributed by atoms with Crippen LogP contribution in [-0.4, -0.2) is 11.8 Å². The number of hydrogen-bond donors (Lipinski definition) is 1. The highest BCUT2D eigenvalue weighted by Gasteiger charge is 2.04. The Labute approximate surface area is 85.3 Å². The molecule has 1 aromatic carbocycles. The summed E-state index contributed by atoms with van der Waals surface area (Å²) in [4.78, 5) is 5.38. The molecule has 0 atom stereocenters. The molecule has 1 nitrogen and oxygen atoms in total. The second kappa shape index (κ2) is 3.97. The van der Waals surface area contributed by atoms with Gasteiger partial charge >= 0.3 is 0 Å². The summed E-state index contributed by atoms with van der Waals surface area (Å²) in [5, 5.41) is 0. The highest BCUT2D eigenvalue weighted by atomic mass is 32.1. The zero-order valence-electron chi connectivity index (χ0n) is 8.28.